The van der Waals surface area contributed by atoms with E-state index in [2.05, 4.69) is 10.3 Å². The van der Waals surface area contributed by atoms with E-state index in [0.717, 1.165) is 28.7 Å². The number of anilines is 2. The van der Waals surface area contributed by atoms with Gasteiger partial charge in [0.05, 0.1) is 12.6 Å². The summed E-state index contributed by atoms with van der Waals surface area (Å²) in [5, 5.41) is 14.5. The molecule has 1 unspecified atom stereocenters. The van der Waals surface area contributed by atoms with Crippen molar-refractivity contribution in [2.75, 3.05) is 17.7 Å². The van der Waals surface area contributed by atoms with Crippen molar-refractivity contribution in [1.82, 2.24) is 4.98 Å². The van der Waals surface area contributed by atoms with E-state index in [1.165, 1.54) is 0 Å². The summed E-state index contributed by atoms with van der Waals surface area (Å²) in [5.74, 6) is 0.795. The smallest absolute Gasteiger partial charge is 0.134 e. The lowest BCUT2D eigenvalue weighted by molar-refractivity contribution is 0.271. The van der Waals surface area contributed by atoms with E-state index in [0.29, 0.717) is 0 Å². The molecule has 4 heteroatoms. The fraction of sp³-hybridized carbons (Fsp3) is 0.308. The highest BCUT2D eigenvalue weighted by Gasteiger charge is 2.08. The van der Waals surface area contributed by atoms with Gasteiger partial charge < -0.3 is 16.2 Å². The van der Waals surface area contributed by atoms with Crippen molar-refractivity contribution < 1.29 is 5.11 Å². The van der Waals surface area contributed by atoms with E-state index < -0.39 is 0 Å². The van der Waals surface area contributed by atoms with E-state index >= 15 is 0 Å². The molecule has 2 aromatic rings. The molecule has 1 aromatic carbocycles. The van der Waals surface area contributed by atoms with Crippen LogP contribution in [0.4, 0.5) is 11.5 Å². The van der Waals surface area contributed by atoms with Gasteiger partial charge in [-0.05, 0) is 36.1 Å². The molecule has 90 valence electrons. The summed E-state index contributed by atoms with van der Waals surface area (Å²) in [5.41, 5.74) is 6.49. The van der Waals surface area contributed by atoms with Gasteiger partial charge in [0, 0.05) is 17.3 Å². The van der Waals surface area contributed by atoms with Gasteiger partial charge in [-0.15, -0.1) is 0 Å². The molecule has 2 rings (SSSR count). The molecule has 1 heterocycles. The number of rotatable bonds is 4. The third-order valence-electron chi connectivity index (χ3n) is 2.84. The van der Waals surface area contributed by atoms with Crippen LogP contribution in [0, 0.1) is 0 Å². The number of aliphatic hydroxyl groups excluding tert-OH is 1. The van der Waals surface area contributed by atoms with Crippen LogP contribution in [0.15, 0.2) is 30.5 Å². The highest BCUT2D eigenvalue weighted by Crippen LogP contribution is 2.23. The first-order chi connectivity index (χ1) is 8.24. The Kier molecular flexibility index (Phi) is 3.44. The van der Waals surface area contributed by atoms with E-state index in [4.69, 9.17) is 5.73 Å². The number of hydrogen-bond acceptors (Lipinski definition) is 4. The van der Waals surface area contributed by atoms with Gasteiger partial charge in [-0.2, -0.15) is 0 Å². The van der Waals surface area contributed by atoms with Crippen LogP contribution in [0.25, 0.3) is 10.8 Å². The predicted octanol–water partition coefficient (Wildman–Crippen LogP) is 2.00. The summed E-state index contributed by atoms with van der Waals surface area (Å²) < 4.78 is 0. The Morgan fingerprint density at radius 1 is 1.41 bits per heavy atom. The third kappa shape index (κ3) is 2.47. The average molecular weight is 231 g/mol. The molecular formula is C13H17N3O. The molecule has 4 N–H and O–H groups in total. The number of aromatic nitrogens is 1. The van der Waals surface area contributed by atoms with E-state index in [9.17, 15) is 5.11 Å². The molecule has 0 fully saturated rings. The summed E-state index contributed by atoms with van der Waals surface area (Å²) in [7, 11) is 0. The minimum absolute atomic E-state index is 0.0330. The lowest BCUT2D eigenvalue weighted by atomic mass is 10.1. The number of aliphatic hydroxyl groups is 1. The van der Waals surface area contributed by atoms with Crippen LogP contribution < -0.4 is 11.1 Å². The summed E-state index contributed by atoms with van der Waals surface area (Å²) in [6.07, 6.45) is 2.59. The second kappa shape index (κ2) is 5.01. The first-order valence-electron chi connectivity index (χ1n) is 5.76. The molecule has 1 atom stereocenters. The quantitative estimate of drug-likeness (QED) is 0.704. The Morgan fingerprint density at radius 2 is 2.24 bits per heavy atom. The summed E-state index contributed by atoms with van der Waals surface area (Å²) in [6, 6.07) is 7.68. The SMILES string of the molecule is CCC(CO)Nc1nccc2cc(N)ccc12. The van der Waals surface area contributed by atoms with Crippen molar-refractivity contribution in [1.29, 1.82) is 0 Å². The molecule has 0 aliphatic heterocycles. The highest BCUT2D eigenvalue weighted by molar-refractivity contribution is 5.93. The minimum atomic E-state index is 0.0330. The zero-order valence-corrected chi connectivity index (χ0v) is 9.85. The van der Waals surface area contributed by atoms with Crippen LogP contribution in [0.3, 0.4) is 0 Å². The van der Waals surface area contributed by atoms with Crippen LogP contribution in [-0.2, 0) is 0 Å². The lowest BCUT2D eigenvalue weighted by Gasteiger charge is -2.16. The molecule has 0 aliphatic rings. The Bertz CT molecular complexity index is 509. The van der Waals surface area contributed by atoms with Crippen LogP contribution in [0.2, 0.25) is 0 Å². The van der Waals surface area contributed by atoms with Gasteiger partial charge in [0.25, 0.3) is 0 Å². The normalized spacial score (nSPS) is 12.6. The number of benzene rings is 1. The van der Waals surface area contributed by atoms with Gasteiger partial charge in [0.2, 0.25) is 0 Å². The Morgan fingerprint density at radius 3 is 2.94 bits per heavy atom. The molecule has 1 aromatic heterocycles. The van der Waals surface area contributed by atoms with E-state index in [1.807, 2.05) is 31.2 Å². The molecule has 0 amide bonds. The maximum atomic E-state index is 9.19. The second-order valence-corrected chi connectivity index (χ2v) is 4.07. The lowest BCUT2D eigenvalue weighted by Crippen LogP contribution is -2.23. The van der Waals surface area contributed by atoms with E-state index in [1.54, 1.807) is 6.20 Å². The first-order valence-corrected chi connectivity index (χ1v) is 5.76. The average Bonchev–Trinajstić information content (AvgIpc) is 2.35. The molecule has 0 saturated heterocycles. The molecular weight excluding hydrogens is 214 g/mol. The monoisotopic (exact) mass is 231 g/mol. The number of pyridine rings is 1. The molecule has 0 bridgehead atoms. The van der Waals surface area contributed by atoms with E-state index in [-0.39, 0.29) is 12.6 Å². The summed E-state index contributed by atoms with van der Waals surface area (Å²) >= 11 is 0. The number of nitrogen functional groups attached to an aromatic ring is 1. The van der Waals surface area contributed by atoms with Crippen molar-refractivity contribution >= 4 is 22.3 Å². The molecule has 0 saturated carbocycles. The molecule has 0 spiro atoms. The molecule has 4 nitrogen and oxygen atoms in total. The Hall–Kier alpha value is -1.81. The van der Waals surface area contributed by atoms with Gasteiger partial charge in [-0.1, -0.05) is 6.92 Å². The topological polar surface area (TPSA) is 71.2 Å². The van der Waals surface area contributed by atoms with Crippen LogP contribution in [0.5, 0.6) is 0 Å². The second-order valence-electron chi connectivity index (χ2n) is 4.07. The van der Waals surface area contributed by atoms with Crippen LogP contribution >= 0.6 is 0 Å². The van der Waals surface area contributed by atoms with Crippen molar-refractivity contribution in [3.63, 3.8) is 0 Å². The highest BCUT2D eigenvalue weighted by atomic mass is 16.3. The standard InChI is InChI=1S/C13H17N3O/c1-2-11(8-17)16-13-12-4-3-10(14)7-9(12)5-6-15-13/h3-7,11,17H,2,8,14H2,1H3,(H,15,16). The van der Waals surface area contributed by atoms with Crippen LogP contribution in [0.1, 0.15) is 13.3 Å². The zero-order valence-electron chi connectivity index (χ0n) is 9.85. The zero-order chi connectivity index (χ0) is 12.3. The maximum absolute atomic E-state index is 9.19. The van der Waals surface area contributed by atoms with Crippen LogP contribution in [-0.4, -0.2) is 22.7 Å². The third-order valence-corrected chi connectivity index (χ3v) is 2.84. The number of hydrogen-bond donors (Lipinski definition) is 3. The van der Waals surface area contributed by atoms with Gasteiger partial charge in [0.1, 0.15) is 5.82 Å². The maximum Gasteiger partial charge on any atom is 0.134 e. The molecule has 0 radical (unpaired) electrons. The van der Waals surface area contributed by atoms with Crippen molar-refractivity contribution in [2.24, 2.45) is 0 Å². The number of nitrogens with zero attached hydrogens (tertiary/aromatic N) is 1. The Labute approximate surface area is 100 Å². The minimum Gasteiger partial charge on any atom is -0.399 e. The predicted molar refractivity (Wildman–Crippen MR) is 70.9 cm³/mol. The number of nitrogens with one attached hydrogen (secondary N) is 1. The summed E-state index contributed by atoms with van der Waals surface area (Å²) in [6.45, 7) is 2.13. The molecule has 0 aliphatic carbocycles. The first kappa shape index (κ1) is 11.7. The van der Waals surface area contributed by atoms with Gasteiger partial charge in [0.15, 0.2) is 0 Å². The van der Waals surface area contributed by atoms with Crippen molar-refractivity contribution in [3.8, 4) is 0 Å². The van der Waals surface area contributed by atoms with Gasteiger partial charge in [-0.25, -0.2) is 4.98 Å². The fourth-order valence-electron chi connectivity index (χ4n) is 1.78. The fourth-order valence-corrected chi connectivity index (χ4v) is 1.78. The van der Waals surface area contributed by atoms with Gasteiger partial charge >= 0.3 is 0 Å². The molecule has 17 heavy (non-hydrogen) atoms. The largest absolute Gasteiger partial charge is 0.399 e. The number of nitrogens with two attached hydrogens (primary N) is 1. The number of fused-ring (bicyclic) bond motifs is 1. The Balaban J connectivity index is 2.40. The van der Waals surface area contributed by atoms with Crippen molar-refractivity contribution in [3.05, 3.63) is 30.5 Å². The summed E-state index contributed by atoms with van der Waals surface area (Å²) in [4.78, 5) is 4.31. The van der Waals surface area contributed by atoms with Crippen molar-refractivity contribution in [2.45, 2.75) is 19.4 Å². The van der Waals surface area contributed by atoms with Gasteiger partial charge in [-0.3, -0.25) is 0 Å².